The molecule has 0 aliphatic rings. The number of nitrogens with zero attached hydrogens (tertiary/aromatic N) is 6. The molecule has 0 radical (unpaired) electrons. The number of aliphatic hydroxyl groups is 1. The quantitative estimate of drug-likeness (QED) is 0.0117. The van der Waals surface area contributed by atoms with Crippen molar-refractivity contribution in [3.8, 4) is 137 Å². The van der Waals surface area contributed by atoms with Crippen molar-refractivity contribution < 1.29 is 112 Å². The molecule has 548 valence electrons. The number of hydrogen-bond donors (Lipinski definition) is 7. The second-order valence-corrected chi connectivity index (χ2v) is 21.7. The van der Waals surface area contributed by atoms with Crippen LogP contribution in [0.15, 0.2) is 160 Å². The van der Waals surface area contributed by atoms with Crippen molar-refractivity contribution in [1.82, 2.24) is 29.9 Å². The predicted octanol–water partition coefficient (Wildman–Crippen LogP) is 10.7. The Bertz CT molecular complexity index is 4030. The molecule has 0 fully saturated rings. The molecular weight excluding hydrogens is 1350 g/mol. The standard InChI is InChI=1S/C36H39N3O12.C36H35N3O10.C3H6O/c1-7-46-34(43)19(4)49-22-10-13-25(28(40)16-22)31-37-32(26-14-11-23(17-29(26)41)50-20(5)35(44)47-8-2)39-33(38-31)27-15-12-24(18-30(27)42)51-21(6)36(45)48-9-3;1-6-15-45-23-9-12-26(29(40)18-23)32-37-33(27-13-10-24(19-30(27)41)48-21(4)35(43)46-16-7-2)39-34(38-32)28-14-11-25(20-31(28)42)49-22(5)36(44)47-17-8-3;1-2-3-4/h10-21,40-42H,7-9H2,1-6H3;6-14,18-22,40-42H,1-3,15-17H2,4-5H3;2,4H,1,3H2. The Morgan fingerprint density at radius 1 is 0.327 bits per heavy atom. The van der Waals surface area contributed by atoms with E-state index in [1.54, 1.807) is 39.0 Å². The van der Waals surface area contributed by atoms with Crippen LogP contribution in [-0.4, -0.2) is 172 Å². The van der Waals surface area contributed by atoms with Gasteiger partial charge in [-0.25, -0.2) is 53.9 Å². The van der Waals surface area contributed by atoms with Gasteiger partial charge in [-0.1, -0.05) is 44.0 Å². The molecule has 8 aromatic rings. The minimum atomic E-state index is -0.974. The maximum absolute atomic E-state index is 12.1. The smallest absolute Gasteiger partial charge is 0.347 e. The fourth-order valence-corrected chi connectivity index (χ4v) is 8.85. The maximum atomic E-state index is 12.1. The average Bonchev–Trinajstić information content (AvgIpc) is 0.786. The van der Waals surface area contributed by atoms with Gasteiger partial charge in [-0.15, -0.1) is 6.58 Å². The number of phenols is 6. The SMILES string of the molecule is C=CCO.C=CCOC(=O)C(C)Oc1ccc(-c2nc(-c3ccc(OCC=C)cc3O)nc(-c3ccc(OC(C)C(=O)OCC=C)cc3O)n2)c(O)c1.CCOC(=O)C(C)Oc1ccc(-c2nc(-c3ccc(OC(C)C(=O)OCC)cc3O)nc(-c3ccc(OC(C)C(=O)OCC)cc3O)n2)c(O)c1. The fourth-order valence-electron chi connectivity index (χ4n) is 8.85. The summed E-state index contributed by atoms with van der Waals surface area (Å²) in [4.78, 5) is 87.4. The van der Waals surface area contributed by atoms with Gasteiger partial charge in [0, 0.05) is 36.4 Å². The first-order valence-corrected chi connectivity index (χ1v) is 32.2. The molecule has 0 bridgehead atoms. The summed E-state index contributed by atoms with van der Waals surface area (Å²) in [6.07, 6.45) is 1.06. The first-order chi connectivity index (χ1) is 49.8. The van der Waals surface area contributed by atoms with Crippen LogP contribution in [-0.2, 0) is 47.7 Å². The third-order valence-electron chi connectivity index (χ3n) is 13.8. The summed E-state index contributed by atoms with van der Waals surface area (Å²) in [6, 6.07) is 25.8. The van der Waals surface area contributed by atoms with Crippen LogP contribution in [0.3, 0.4) is 0 Å². The van der Waals surface area contributed by atoms with Crippen molar-refractivity contribution in [2.45, 2.75) is 85.9 Å². The minimum Gasteiger partial charge on any atom is -0.507 e. The Balaban J connectivity index is 0.000000311. The summed E-state index contributed by atoms with van der Waals surface area (Å²) in [5.41, 5.74) is 0.879. The normalized spacial score (nSPS) is 12.0. The summed E-state index contributed by atoms with van der Waals surface area (Å²) in [6.45, 7) is 27.3. The summed E-state index contributed by atoms with van der Waals surface area (Å²) in [5, 5.41) is 73.8. The average molecular weight is 1430 g/mol. The molecule has 29 nitrogen and oxygen atoms in total. The number of rotatable bonds is 32. The van der Waals surface area contributed by atoms with Crippen LogP contribution in [0, 0.1) is 0 Å². The largest absolute Gasteiger partial charge is 0.507 e. The van der Waals surface area contributed by atoms with Crippen LogP contribution >= 0.6 is 0 Å². The molecule has 0 aliphatic heterocycles. The number of phenolic OH excluding ortho intramolecular Hbond substituents is 6. The number of benzene rings is 6. The van der Waals surface area contributed by atoms with Gasteiger partial charge in [-0.3, -0.25) is 0 Å². The lowest BCUT2D eigenvalue weighted by atomic mass is 10.1. The zero-order valence-electron chi connectivity index (χ0n) is 58.2. The first-order valence-electron chi connectivity index (χ1n) is 32.2. The third kappa shape index (κ3) is 22.6. The van der Waals surface area contributed by atoms with Crippen molar-refractivity contribution in [1.29, 1.82) is 0 Å². The molecule has 6 aromatic carbocycles. The molecule has 0 saturated heterocycles. The van der Waals surface area contributed by atoms with Gasteiger partial charge in [0.25, 0.3) is 0 Å². The molecule has 104 heavy (non-hydrogen) atoms. The number of aromatic nitrogens is 6. The van der Waals surface area contributed by atoms with Gasteiger partial charge in [0.05, 0.1) is 59.8 Å². The fraction of sp³-hybridized carbons (Fsp3) is 0.267. The first kappa shape index (κ1) is 80.2. The third-order valence-corrected chi connectivity index (χ3v) is 13.8. The zero-order chi connectivity index (χ0) is 76.2. The van der Waals surface area contributed by atoms with Crippen molar-refractivity contribution in [3.05, 3.63) is 160 Å². The molecular formula is C75H80N6O23. The molecule has 0 amide bonds. The molecule has 0 saturated carbocycles. The van der Waals surface area contributed by atoms with E-state index in [0.29, 0.717) is 5.75 Å². The Hall–Kier alpha value is -12.8. The zero-order valence-corrected chi connectivity index (χ0v) is 58.2. The van der Waals surface area contributed by atoms with Gasteiger partial charge in [-0.05, 0) is 128 Å². The molecule has 0 aliphatic carbocycles. The summed E-state index contributed by atoms with van der Waals surface area (Å²) in [7, 11) is 0. The van der Waals surface area contributed by atoms with Crippen LogP contribution < -0.4 is 28.4 Å². The topological polar surface area (TPSA) is 406 Å². The van der Waals surface area contributed by atoms with Gasteiger partial charge in [0.1, 0.15) is 88.8 Å². The lowest BCUT2D eigenvalue weighted by molar-refractivity contribution is -0.151. The van der Waals surface area contributed by atoms with E-state index in [-0.39, 0.29) is 178 Å². The van der Waals surface area contributed by atoms with E-state index in [1.807, 2.05) is 0 Å². The van der Waals surface area contributed by atoms with Crippen LogP contribution in [0.1, 0.15) is 55.4 Å². The minimum absolute atomic E-state index is 0.00407. The van der Waals surface area contributed by atoms with Crippen molar-refractivity contribution in [3.63, 3.8) is 0 Å². The molecule has 0 spiro atoms. The van der Waals surface area contributed by atoms with E-state index in [0.717, 1.165) is 0 Å². The molecule has 8 rings (SSSR count). The highest BCUT2D eigenvalue weighted by atomic mass is 16.6. The van der Waals surface area contributed by atoms with E-state index in [4.69, 9.17) is 57.2 Å². The van der Waals surface area contributed by atoms with Crippen LogP contribution in [0.5, 0.6) is 69.0 Å². The highest BCUT2D eigenvalue weighted by Gasteiger charge is 2.26. The monoisotopic (exact) mass is 1430 g/mol. The maximum Gasteiger partial charge on any atom is 0.347 e. The molecule has 7 N–H and O–H groups in total. The van der Waals surface area contributed by atoms with Gasteiger partial charge >= 0.3 is 29.8 Å². The Morgan fingerprint density at radius 3 is 0.702 bits per heavy atom. The molecule has 2 aromatic heterocycles. The van der Waals surface area contributed by atoms with E-state index < -0.39 is 60.4 Å². The number of hydrogen-bond acceptors (Lipinski definition) is 29. The van der Waals surface area contributed by atoms with E-state index >= 15 is 0 Å². The van der Waals surface area contributed by atoms with Crippen molar-refractivity contribution >= 4 is 29.8 Å². The van der Waals surface area contributed by atoms with Gasteiger partial charge in [0.15, 0.2) is 65.5 Å². The predicted molar refractivity (Wildman–Crippen MR) is 378 cm³/mol. The van der Waals surface area contributed by atoms with E-state index in [2.05, 4.69) is 56.2 Å². The number of aliphatic hydroxyl groups excluding tert-OH is 1. The lowest BCUT2D eigenvalue weighted by Crippen LogP contribution is -2.26. The Kier molecular flexibility index (Phi) is 30.3. The number of aromatic hydroxyl groups is 6. The van der Waals surface area contributed by atoms with Gasteiger partial charge < -0.3 is 87.9 Å². The van der Waals surface area contributed by atoms with Gasteiger partial charge in [0.2, 0.25) is 0 Å². The number of ether oxygens (including phenoxy) is 11. The Morgan fingerprint density at radius 2 is 0.519 bits per heavy atom. The van der Waals surface area contributed by atoms with Gasteiger partial charge in [-0.2, -0.15) is 0 Å². The second kappa shape index (κ2) is 39.3. The van der Waals surface area contributed by atoms with E-state index in [9.17, 15) is 54.6 Å². The number of carbonyl (C=O) groups excluding carboxylic acids is 5. The second-order valence-electron chi connectivity index (χ2n) is 21.7. The number of esters is 5. The molecule has 29 heteroatoms. The molecule has 2 heterocycles. The van der Waals surface area contributed by atoms with Crippen molar-refractivity contribution in [2.24, 2.45) is 0 Å². The molecule has 5 atom stereocenters. The summed E-state index contributed by atoms with van der Waals surface area (Å²) in [5.74, 6) is -3.68. The van der Waals surface area contributed by atoms with Crippen LogP contribution in [0.25, 0.3) is 68.3 Å². The highest BCUT2D eigenvalue weighted by molar-refractivity contribution is 5.80. The van der Waals surface area contributed by atoms with Crippen molar-refractivity contribution in [2.75, 3.05) is 46.2 Å². The summed E-state index contributed by atoms with van der Waals surface area (Å²) >= 11 is 0. The van der Waals surface area contributed by atoms with Crippen LogP contribution in [0.4, 0.5) is 0 Å². The lowest BCUT2D eigenvalue weighted by Gasteiger charge is -2.16. The Labute approximate surface area is 598 Å². The van der Waals surface area contributed by atoms with Crippen LogP contribution in [0.2, 0.25) is 0 Å². The summed E-state index contributed by atoms with van der Waals surface area (Å²) < 4.78 is 58.5. The van der Waals surface area contributed by atoms with E-state index in [1.165, 1.54) is 150 Å². The number of carbonyl (C=O) groups is 5. The highest BCUT2D eigenvalue weighted by Crippen LogP contribution is 2.41. The molecule has 5 unspecified atom stereocenters.